The quantitative estimate of drug-likeness (QED) is 0.544. The van der Waals surface area contributed by atoms with E-state index in [-0.39, 0.29) is 0 Å². The van der Waals surface area contributed by atoms with Crippen LogP contribution in [0.1, 0.15) is 13.3 Å². The van der Waals surface area contributed by atoms with E-state index in [1.165, 1.54) is 0 Å². The molecular weight excluding hydrogens is 174 g/mol. The summed E-state index contributed by atoms with van der Waals surface area (Å²) in [6.45, 7) is 0.507. The van der Waals surface area contributed by atoms with E-state index in [2.05, 4.69) is 0 Å². The van der Waals surface area contributed by atoms with Crippen molar-refractivity contribution >= 4 is 0 Å². The van der Waals surface area contributed by atoms with Crippen LogP contribution in [0.5, 0.6) is 0 Å². The molecule has 0 rings (SSSR count). The molecule has 0 fully saturated rings. The van der Waals surface area contributed by atoms with Crippen molar-refractivity contribution in [2.24, 2.45) is 5.92 Å². The lowest BCUT2D eigenvalue weighted by atomic mass is 10.1. The minimum absolute atomic E-state index is 0.507. The van der Waals surface area contributed by atoms with Gasteiger partial charge in [-0.25, -0.2) is 0 Å². The van der Waals surface area contributed by atoms with Crippen molar-refractivity contribution in [1.29, 1.82) is 0 Å². The summed E-state index contributed by atoms with van der Waals surface area (Å²) in [7, 11) is 0. The van der Waals surface area contributed by atoms with Gasteiger partial charge in [-0.3, -0.25) is 0 Å². The molecule has 0 spiro atoms. The molecule has 0 nitrogen and oxygen atoms in total. The fraction of sp³-hybridized carbons (Fsp3) is 1.00. The molecule has 0 aliphatic heterocycles. The molecule has 1 unspecified atom stereocenters. The fourth-order valence-electron chi connectivity index (χ4n) is 0.463. The molecule has 0 aromatic heterocycles. The Kier molecular flexibility index (Phi) is 2.79. The van der Waals surface area contributed by atoms with Gasteiger partial charge in [0.1, 0.15) is 0 Å². The SMILES string of the molecule is CC(CC(F)(F)F)C(F)(F)F. The molecule has 0 radical (unpaired) electrons. The Morgan fingerprint density at radius 3 is 1.45 bits per heavy atom. The number of hydrogen-bond acceptors (Lipinski definition) is 0. The Bertz CT molecular complexity index is 120. The summed E-state index contributed by atoms with van der Waals surface area (Å²) >= 11 is 0. The van der Waals surface area contributed by atoms with Gasteiger partial charge in [0, 0.05) is 0 Å². The van der Waals surface area contributed by atoms with E-state index in [9.17, 15) is 26.3 Å². The van der Waals surface area contributed by atoms with Crippen molar-refractivity contribution in [3.63, 3.8) is 0 Å². The summed E-state index contributed by atoms with van der Waals surface area (Å²) in [5.74, 6) is -2.32. The average Bonchev–Trinajstić information content (AvgIpc) is 1.56. The van der Waals surface area contributed by atoms with E-state index < -0.39 is 24.7 Å². The van der Waals surface area contributed by atoms with Crippen molar-refractivity contribution in [2.75, 3.05) is 0 Å². The van der Waals surface area contributed by atoms with Crippen molar-refractivity contribution < 1.29 is 26.3 Å². The predicted octanol–water partition coefficient (Wildman–Crippen LogP) is 3.14. The third kappa shape index (κ3) is 4.92. The van der Waals surface area contributed by atoms with Crippen LogP contribution < -0.4 is 0 Å². The van der Waals surface area contributed by atoms with Crippen LogP contribution in [0.15, 0.2) is 0 Å². The minimum Gasteiger partial charge on any atom is -0.171 e. The molecule has 6 heteroatoms. The lowest BCUT2D eigenvalue weighted by Crippen LogP contribution is -2.25. The first-order valence-electron chi connectivity index (χ1n) is 2.76. The highest BCUT2D eigenvalue weighted by atomic mass is 19.4. The smallest absolute Gasteiger partial charge is 0.171 e. The largest absolute Gasteiger partial charge is 0.391 e. The Balaban J connectivity index is 3.99. The van der Waals surface area contributed by atoms with Gasteiger partial charge in [0.2, 0.25) is 0 Å². The van der Waals surface area contributed by atoms with E-state index in [0.29, 0.717) is 6.92 Å². The van der Waals surface area contributed by atoms with Gasteiger partial charge in [0.05, 0.1) is 12.3 Å². The molecule has 68 valence electrons. The van der Waals surface area contributed by atoms with Gasteiger partial charge in [-0.1, -0.05) is 6.92 Å². The molecule has 0 heterocycles. The molecule has 0 bridgehead atoms. The zero-order chi connectivity index (χ0) is 9.28. The van der Waals surface area contributed by atoms with Crippen LogP contribution in [0.25, 0.3) is 0 Å². The van der Waals surface area contributed by atoms with Crippen LogP contribution in [-0.4, -0.2) is 12.4 Å². The molecule has 0 saturated heterocycles. The van der Waals surface area contributed by atoms with Crippen LogP contribution in [0, 0.1) is 5.92 Å². The second kappa shape index (κ2) is 2.91. The molecule has 1 atom stereocenters. The number of rotatable bonds is 1. The van der Waals surface area contributed by atoms with Crippen LogP contribution in [0.4, 0.5) is 26.3 Å². The lowest BCUT2D eigenvalue weighted by molar-refractivity contribution is -0.214. The fourth-order valence-corrected chi connectivity index (χ4v) is 0.463. The van der Waals surface area contributed by atoms with Crippen LogP contribution in [0.2, 0.25) is 0 Å². The van der Waals surface area contributed by atoms with Crippen LogP contribution in [0.3, 0.4) is 0 Å². The summed E-state index contributed by atoms with van der Waals surface area (Å²) in [5, 5.41) is 0. The first-order chi connectivity index (χ1) is 4.63. The van der Waals surface area contributed by atoms with Gasteiger partial charge in [-0.05, 0) is 0 Å². The Morgan fingerprint density at radius 2 is 1.36 bits per heavy atom. The third-order valence-corrected chi connectivity index (χ3v) is 1.10. The van der Waals surface area contributed by atoms with Gasteiger partial charge < -0.3 is 0 Å². The van der Waals surface area contributed by atoms with Crippen molar-refractivity contribution in [3.05, 3.63) is 0 Å². The standard InChI is InChI=1S/C5H6F6/c1-3(5(9,10)11)2-4(6,7)8/h3H,2H2,1H3. The highest BCUT2D eigenvalue weighted by Gasteiger charge is 2.43. The summed E-state index contributed by atoms with van der Waals surface area (Å²) in [5.41, 5.74) is 0. The van der Waals surface area contributed by atoms with E-state index in [1.807, 2.05) is 0 Å². The van der Waals surface area contributed by atoms with Crippen molar-refractivity contribution in [2.45, 2.75) is 25.7 Å². The lowest BCUT2D eigenvalue weighted by Gasteiger charge is -2.16. The topological polar surface area (TPSA) is 0 Å². The maximum Gasteiger partial charge on any atom is 0.391 e. The number of alkyl halides is 6. The highest BCUT2D eigenvalue weighted by molar-refractivity contribution is 4.66. The minimum atomic E-state index is -4.75. The third-order valence-electron chi connectivity index (χ3n) is 1.10. The Hall–Kier alpha value is -0.420. The molecule has 11 heavy (non-hydrogen) atoms. The van der Waals surface area contributed by atoms with E-state index >= 15 is 0 Å². The van der Waals surface area contributed by atoms with E-state index in [0.717, 1.165) is 0 Å². The summed E-state index contributed by atoms with van der Waals surface area (Å²) in [6, 6.07) is 0. The zero-order valence-corrected chi connectivity index (χ0v) is 5.55. The Labute approximate surface area is 59.2 Å². The molecule has 0 aromatic rings. The monoisotopic (exact) mass is 180 g/mol. The average molecular weight is 180 g/mol. The van der Waals surface area contributed by atoms with Gasteiger partial charge >= 0.3 is 12.4 Å². The normalized spacial score (nSPS) is 16.6. The van der Waals surface area contributed by atoms with Gasteiger partial charge in [-0.15, -0.1) is 0 Å². The first kappa shape index (κ1) is 10.6. The molecule has 0 amide bonds. The molecule has 0 aliphatic carbocycles. The van der Waals surface area contributed by atoms with Gasteiger partial charge in [0.15, 0.2) is 0 Å². The summed E-state index contributed by atoms with van der Waals surface area (Å²) < 4.78 is 68.4. The summed E-state index contributed by atoms with van der Waals surface area (Å²) in [6.07, 6.45) is -11.3. The maximum atomic E-state index is 11.5. The number of halogens is 6. The van der Waals surface area contributed by atoms with E-state index in [4.69, 9.17) is 0 Å². The molecule has 0 N–H and O–H groups in total. The van der Waals surface area contributed by atoms with Crippen molar-refractivity contribution in [3.8, 4) is 0 Å². The number of hydrogen-bond donors (Lipinski definition) is 0. The molecule has 0 aliphatic rings. The van der Waals surface area contributed by atoms with Gasteiger partial charge in [0.25, 0.3) is 0 Å². The maximum absolute atomic E-state index is 11.5. The predicted molar refractivity (Wildman–Crippen MR) is 25.9 cm³/mol. The molecular formula is C5H6F6. The van der Waals surface area contributed by atoms with Crippen LogP contribution >= 0.6 is 0 Å². The Morgan fingerprint density at radius 1 is 1.00 bits per heavy atom. The second-order valence-corrected chi connectivity index (χ2v) is 2.26. The van der Waals surface area contributed by atoms with E-state index in [1.54, 1.807) is 0 Å². The summed E-state index contributed by atoms with van der Waals surface area (Å²) in [4.78, 5) is 0. The molecule has 0 saturated carbocycles. The molecule has 0 aromatic carbocycles. The second-order valence-electron chi connectivity index (χ2n) is 2.26. The first-order valence-corrected chi connectivity index (χ1v) is 2.76. The zero-order valence-electron chi connectivity index (χ0n) is 5.55. The van der Waals surface area contributed by atoms with Gasteiger partial charge in [-0.2, -0.15) is 26.3 Å². The van der Waals surface area contributed by atoms with Crippen molar-refractivity contribution in [1.82, 2.24) is 0 Å². The highest BCUT2D eigenvalue weighted by Crippen LogP contribution is 2.34. The van der Waals surface area contributed by atoms with Crippen LogP contribution in [-0.2, 0) is 0 Å².